The zero-order chi connectivity index (χ0) is 22.2. The third kappa shape index (κ3) is 5.24. The summed E-state index contributed by atoms with van der Waals surface area (Å²) in [6, 6.07) is 14.6. The Balaban J connectivity index is 0.00000132. The van der Waals surface area contributed by atoms with Crippen molar-refractivity contribution in [3.05, 3.63) is 76.8 Å². The predicted molar refractivity (Wildman–Crippen MR) is 111 cm³/mol. The second-order valence-corrected chi connectivity index (χ2v) is 5.98. The quantitative estimate of drug-likeness (QED) is 0.427. The number of aromatic nitrogens is 3. The Morgan fingerprint density at radius 1 is 1.06 bits per heavy atom. The summed E-state index contributed by atoms with van der Waals surface area (Å²) in [5.41, 5.74) is 1.26. The third-order valence-electron chi connectivity index (χ3n) is 4.02. The molecule has 31 heavy (non-hydrogen) atoms. The molecule has 10 heteroatoms. The van der Waals surface area contributed by atoms with Gasteiger partial charge in [0.2, 0.25) is 6.86 Å². The fraction of sp³-hybridized carbons (Fsp3) is 0.0952. The summed E-state index contributed by atoms with van der Waals surface area (Å²) in [6.07, 6.45) is 1.51. The van der Waals surface area contributed by atoms with Crippen LogP contribution in [0.3, 0.4) is 0 Å². The normalized spacial score (nSPS) is 10.2. The Labute approximate surface area is 174 Å². The van der Waals surface area contributed by atoms with Crippen molar-refractivity contribution < 1.29 is 23.0 Å². The number of benzene rings is 2. The minimum atomic E-state index is -0.973. The van der Waals surface area contributed by atoms with Gasteiger partial charge < -0.3 is 19.8 Å². The highest BCUT2D eigenvalue weighted by atomic mass is 19.1. The molecule has 160 valence electrons. The number of nitrogens with one attached hydrogen (secondary N) is 3. The molecule has 0 saturated heterocycles. The smallest absolute Gasteiger partial charge is 0.325 e. The largest absolute Gasteiger partial charge is 0.463 e. The van der Waals surface area contributed by atoms with E-state index in [1.165, 1.54) is 12.3 Å². The van der Waals surface area contributed by atoms with Gasteiger partial charge in [0.15, 0.2) is 11.4 Å². The van der Waals surface area contributed by atoms with Gasteiger partial charge >= 0.3 is 5.69 Å². The third-order valence-corrected chi connectivity index (χ3v) is 4.02. The lowest BCUT2D eigenvalue weighted by Crippen LogP contribution is -2.12. The first-order chi connectivity index (χ1) is 15.1. The highest BCUT2D eigenvalue weighted by Crippen LogP contribution is 2.28. The molecule has 3 N–H and O–H groups in total. The van der Waals surface area contributed by atoms with Gasteiger partial charge in [0, 0.05) is 29.6 Å². The van der Waals surface area contributed by atoms with Crippen LogP contribution in [0.1, 0.15) is 10.4 Å². The number of carbonyl (C=O) groups is 1. The van der Waals surface area contributed by atoms with Crippen LogP contribution in [-0.2, 0) is 0 Å². The fourth-order valence-corrected chi connectivity index (χ4v) is 2.75. The van der Waals surface area contributed by atoms with Gasteiger partial charge in [0.05, 0.1) is 7.18 Å². The highest BCUT2D eigenvalue weighted by molar-refractivity contribution is 6.04. The maximum atomic E-state index is 12.5. The number of aromatic amines is 2. The van der Waals surface area contributed by atoms with E-state index in [2.05, 4.69) is 20.3 Å². The summed E-state index contributed by atoms with van der Waals surface area (Å²) in [5, 5.41) is 2.75. The van der Waals surface area contributed by atoms with Gasteiger partial charge in [-0.05, 0) is 30.3 Å². The summed E-state index contributed by atoms with van der Waals surface area (Å²) in [7, 11) is 0.500. The van der Waals surface area contributed by atoms with Gasteiger partial charge in [-0.25, -0.2) is 14.2 Å². The molecule has 0 radical (unpaired) electrons. The molecule has 0 atom stereocenters. The van der Waals surface area contributed by atoms with Crippen LogP contribution in [0.5, 0.6) is 17.2 Å². The van der Waals surface area contributed by atoms with Gasteiger partial charge in [-0.15, -0.1) is 0 Å². The molecule has 2 aromatic heterocycles. The summed E-state index contributed by atoms with van der Waals surface area (Å²) in [5.74, 6) is 0.743. The van der Waals surface area contributed by atoms with Gasteiger partial charge in [-0.3, -0.25) is 14.2 Å². The van der Waals surface area contributed by atoms with Crippen molar-refractivity contribution in [1.82, 2.24) is 15.0 Å². The molecule has 0 aliphatic rings. The SMILES string of the molecule is CF.O=C(Nc1cccc(Oc2ccnc3[nH]c(=O)[nH]c23)c1)c1cccc(OCF)c1. The molecule has 8 nitrogen and oxygen atoms in total. The molecule has 0 fully saturated rings. The monoisotopic (exact) mass is 428 g/mol. The molecule has 0 unspecified atom stereocenters. The first-order valence-electron chi connectivity index (χ1n) is 8.95. The molecule has 0 aliphatic heterocycles. The molecule has 0 bridgehead atoms. The number of amides is 1. The lowest BCUT2D eigenvalue weighted by atomic mass is 10.2. The molecule has 0 aliphatic carbocycles. The lowest BCUT2D eigenvalue weighted by molar-refractivity contribution is 0.102. The number of imidazole rings is 1. The number of ether oxygens (including phenoxy) is 2. The van der Waals surface area contributed by atoms with Crippen molar-refractivity contribution in [2.24, 2.45) is 0 Å². The standard InChI is InChI=1S/C20H15FN4O4.CH3F/c21-11-28-14-5-1-3-12(9-14)19(26)23-13-4-2-6-15(10-13)29-16-7-8-22-18-17(16)24-20(27)25-18;1-2/h1-10H,11H2,(H,23,26)(H2,22,24,25,27);1H3. The van der Waals surface area contributed by atoms with Crippen LogP contribution in [0.2, 0.25) is 0 Å². The lowest BCUT2D eigenvalue weighted by Gasteiger charge is -2.10. The number of rotatable bonds is 6. The van der Waals surface area contributed by atoms with E-state index in [9.17, 15) is 18.4 Å². The summed E-state index contributed by atoms with van der Waals surface area (Å²) < 4.78 is 32.4. The van der Waals surface area contributed by atoms with Crippen LogP contribution in [0.4, 0.5) is 14.5 Å². The number of hydrogen-bond acceptors (Lipinski definition) is 5. The van der Waals surface area contributed by atoms with Crippen molar-refractivity contribution in [3.8, 4) is 17.2 Å². The predicted octanol–water partition coefficient (Wildman–Crippen LogP) is 4.19. The molecular weight excluding hydrogens is 410 g/mol. The van der Waals surface area contributed by atoms with Crippen molar-refractivity contribution >= 4 is 22.8 Å². The number of halogens is 2. The van der Waals surface area contributed by atoms with E-state index in [1.54, 1.807) is 48.5 Å². The Kier molecular flexibility index (Phi) is 6.94. The van der Waals surface area contributed by atoms with E-state index in [4.69, 9.17) is 9.47 Å². The maximum absolute atomic E-state index is 12.5. The fourth-order valence-electron chi connectivity index (χ4n) is 2.75. The van der Waals surface area contributed by atoms with Gasteiger partial charge in [-0.2, -0.15) is 0 Å². The maximum Gasteiger partial charge on any atom is 0.325 e. The minimum absolute atomic E-state index is 0.263. The van der Waals surface area contributed by atoms with Crippen molar-refractivity contribution in [3.63, 3.8) is 0 Å². The number of H-pyrrole nitrogens is 2. The van der Waals surface area contributed by atoms with Crippen LogP contribution in [0.25, 0.3) is 11.2 Å². The number of fused-ring (bicyclic) bond motifs is 1. The Morgan fingerprint density at radius 3 is 2.65 bits per heavy atom. The highest BCUT2D eigenvalue weighted by Gasteiger charge is 2.10. The van der Waals surface area contributed by atoms with Crippen LogP contribution in [0, 0.1) is 0 Å². The van der Waals surface area contributed by atoms with E-state index in [0.717, 1.165) is 0 Å². The Morgan fingerprint density at radius 2 is 1.84 bits per heavy atom. The van der Waals surface area contributed by atoms with E-state index in [-0.39, 0.29) is 17.3 Å². The average Bonchev–Trinajstić information content (AvgIpc) is 3.17. The van der Waals surface area contributed by atoms with Crippen molar-refractivity contribution in [2.75, 3.05) is 19.4 Å². The van der Waals surface area contributed by atoms with Crippen molar-refractivity contribution in [2.45, 2.75) is 0 Å². The Bertz CT molecular complexity index is 1240. The number of anilines is 1. The summed E-state index contributed by atoms with van der Waals surface area (Å²) >= 11 is 0. The van der Waals surface area contributed by atoms with Crippen molar-refractivity contribution in [1.29, 1.82) is 0 Å². The summed E-state index contributed by atoms with van der Waals surface area (Å²) in [6.45, 7) is -0.973. The second-order valence-electron chi connectivity index (χ2n) is 5.98. The zero-order valence-electron chi connectivity index (χ0n) is 16.3. The molecule has 1 amide bonds. The van der Waals surface area contributed by atoms with Gasteiger partial charge in [0.25, 0.3) is 5.91 Å². The molecule has 2 heterocycles. The first-order valence-corrected chi connectivity index (χ1v) is 8.95. The molecule has 4 rings (SSSR count). The van der Waals surface area contributed by atoms with E-state index in [0.29, 0.717) is 41.1 Å². The topological polar surface area (TPSA) is 109 Å². The van der Waals surface area contributed by atoms with Crippen LogP contribution < -0.4 is 20.5 Å². The summed E-state index contributed by atoms with van der Waals surface area (Å²) in [4.78, 5) is 33.2. The minimum Gasteiger partial charge on any atom is -0.463 e. The van der Waals surface area contributed by atoms with E-state index in [1.807, 2.05) is 0 Å². The number of alkyl halides is 2. The molecule has 2 aromatic carbocycles. The molecular formula is C21H18F2N4O4. The average molecular weight is 428 g/mol. The number of pyridine rings is 1. The van der Waals surface area contributed by atoms with E-state index >= 15 is 0 Å². The molecule has 0 spiro atoms. The zero-order valence-corrected chi connectivity index (χ0v) is 16.3. The Hall–Kier alpha value is -4.21. The van der Waals surface area contributed by atoms with Crippen LogP contribution in [-0.4, -0.2) is 34.9 Å². The number of nitrogens with zero attached hydrogens (tertiary/aromatic N) is 1. The van der Waals surface area contributed by atoms with Crippen LogP contribution in [0.15, 0.2) is 65.6 Å². The second kappa shape index (κ2) is 10.0. The number of carbonyl (C=O) groups excluding carboxylic acids is 1. The molecule has 4 aromatic rings. The molecule has 0 saturated carbocycles. The van der Waals surface area contributed by atoms with Gasteiger partial charge in [-0.1, -0.05) is 12.1 Å². The van der Waals surface area contributed by atoms with E-state index < -0.39 is 6.86 Å². The first kappa shape index (κ1) is 21.5. The van der Waals surface area contributed by atoms with Crippen LogP contribution >= 0.6 is 0 Å². The van der Waals surface area contributed by atoms with Gasteiger partial charge in [0.1, 0.15) is 17.0 Å². The number of hydrogen-bond donors (Lipinski definition) is 3.